The number of nitriles is 1. The molecule has 0 spiro atoms. The first-order valence-corrected chi connectivity index (χ1v) is 10.2. The van der Waals surface area contributed by atoms with Gasteiger partial charge < -0.3 is 10.1 Å². The first-order chi connectivity index (χ1) is 15.6. The molecule has 0 bridgehead atoms. The molecule has 6 nitrogen and oxygen atoms in total. The van der Waals surface area contributed by atoms with Crippen molar-refractivity contribution in [2.24, 2.45) is 0 Å². The third-order valence-electron chi connectivity index (χ3n) is 4.99. The maximum atomic E-state index is 12.9. The smallest absolute Gasteiger partial charge is 0.276 e. The predicted molar refractivity (Wildman–Crippen MR) is 123 cm³/mol. The number of aryl methyl sites for hydroxylation is 1. The van der Waals surface area contributed by atoms with Gasteiger partial charge in [-0.25, -0.2) is 4.68 Å². The van der Waals surface area contributed by atoms with Crippen molar-refractivity contribution >= 4 is 11.6 Å². The number of hydrogen-bond acceptors (Lipinski definition) is 4. The number of para-hydroxylation sites is 2. The fourth-order valence-electron chi connectivity index (χ4n) is 3.33. The second kappa shape index (κ2) is 9.63. The average molecular weight is 422 g/mol. The van der Waals surface area contributed by atoms with Crippen LogP contribution in [0.5, 0.6) is 5.75 Å². The van der Waals surface area contributed by atoms with Gasteiger partial charge in [0, 0.05) is 16.9 Å². The van der Waals surface area contributed by atoms with E-state index in [-0.39, 0.29) is 5.91 Å². The predicted octanol–water partition coefficient (Wildman–Crippen LogP) is 5.08. The summed E-state index contributed by atoms with van der Waals surface area (Å²) in [5.74, 6) is 0.418. The molecule has 0 radical (unpaired) electrons. The third-order valence-corrected chi connectivity index (χ3v) is 4.99. The molecule has 0 aliphatic rings. The number of nitrogens with zero attached hydrogens (tertiary/aromatic N) is 3. The zero-order valence-electron chi connectivity index (χ0n) is 17.7. The SMILES string of the molecule is Cc1cc(C(=O)Nc2ccccc2COc2ccc(CC#N)cc2)nn1-c1ccccc1. The minimum atomic E-state index is -0.281. The summed E-state index contributed by atoms with van der Waals surface area (Å²) in [6.07, 6.45) is 0.370. The molecule has 1 amide bonds. The molecule has 0 fully saturated rings. The van der Waals surface area contributed by atoms with Crippen LogP contribution in [0, 0.1) is 18.3 Å². The van der Waals surface area contributed by atoms with Crippen LogP contribution in [0.25, 0.3) is 5.69 Å². The molecule has 1 N–H and O–H groups in total. The van der Waals surface area contributed by atoms with Crippen LogP contribution in [0.3, 0.4) is 0 Å². The highest BCUT2D eigenvalue weighted by molar-refractivity contribution is 6.03. The molecule has 3 aromatic carbocycles. The van der Waals surface area contributed by atoms with Gasteiger partial charge in [0.1, 0.15) is 12.4 Å². The lowest BCUT2D eigenvalue weighted by atomic mass is 10.1. The summed E-state index contributed by atoms with van der Waals surface area (Å²) >= 11 is 0. The molecule has 6 heteroatoms. The van der Waals surface area contributed by atoms with Crippen molar-refractivity contribution in [3.05, 3.63) is 107 Å². The maximum absolute atomic E-state index is 12.9. The second-order valence-corrected chi connectivity index (χ2v) is 7.30. The number of rotatable bonds is 7. The second-order valence-electron chi connectivity index (χ2n) is 7.30. The van der Waals surface area contributed by atoms with E-state index in [0.29, 0.717) is 30.2 Å². The van der Waals surface area contributed by atoms with Gasteiger partial charge in [-0.1, -0.05) is 48.5 Å². The monoisotopic (exact) mass is 422 g/mol. The van der Waals surface area contributed by atoms with Gasteiger partial charge in [-0.05, 0) is 48.9 Å². The number of anilines is 1. The first-order valence-electron chi connectivity index (χ1n) is 10.2. The summed E-state index contributed by atoms with van der Waals surface area (Å²) in [6, 6.07) is 28.5. The van der Waals surface area contributed by atoms with E-state index in [9.17, 15) is 4.79 Å². The van der Waals surface area contributed by atoms with Crippen LogP contribution in [-0.2, 0) is 13.0 Å². The third kappa shape index (κ3) is 4.85. The standard InChI is InChI=1S/C26H22N4O2/c1-19-17-25(29-30(19)22-8-3-2-4-9-22)26(31)28-24-10-6-5-7-21(24)18-32-23-13-11-20(12-14-23)15-16-27/h2-14,17H,15,18H2,1H3,(H,28,31). The van der Waals surface area contributed by atoms with Crippen molar-refractivity contribution in [3.8, 4) is 17.5 Å². The molecule has 1 aromatic heterocycles. The highest BCUT2D eigenvalue weighted by atomic mass is 16.5. The van der Waals surface area contributed by atoms with E-state index >= 15 is 0 Å². The van der Waals surface area contributed by atoms with Crippen molar-refractivity contribution in [1.82, 2.24) is 9.78 Å². The van der Waals surface area contributed by atoms with Gasteiger partial charge in [0.05, 0.1) is 18.2 Å². The quantitative estimate of drug-likeness (QED) is 0.450. The Morgan fingerprint density at radius 2 is 1.75 bits per heavy atom. The molecule has 158 valence electrons. The van der Waals surface area contributed by atoms with Crippen LogP contribution in [0.2, 0.25) is 0 Å². The van der Waals surface area contributed by atoms with E-state index in [1.807, 2.05) is 85.8 Å². The molecule has 4 rings (SSSR count). The molecule has 32 heavy (non-hydrogen) atoms. The zero-order valence-corrected chi connectivity index (χ0v) is 17.7. The molecule has 0 aliphatic heterocycles. The van der Waals surface area contributed by atoms with E-state index in [0.717, 1.165) is 22.5 Å². The fraction of sp³-hybridized carbons (Fsp3) is 0.115. The van der Waals surface area contributed by atoms with Gasteiger partial charge >= 0.3 is 0 Å². The number of carbonyl (C=O) groups excluding carboxylic acids is 1. The van der Waals surface area contributed by atoms with E-state index in [4.69, 9.17) is 10.00 Å². The Balaban J connectivity index is 1.46. The van der Waals surface area contributed by atoms with Gasteiger partial charge in [0.2, 0.25) is 0 Å². The molecular formula is C26H22N4O2. The summed E-state index contributed by atoms with van der Waals surface area (Å²) in [7, 11) is 0. The van der Waals surface area contributed by atoms with Crippen molar-refractivity contribution in [2.45, 2.75) is 20.0 Å². The van der Waals surface area contributed by atoms with Crippen molar-refractivity contribution in [1.29, 1.82) is 5.26 Å². The molecule has 0 atom stereocenters. The number of amides is 1. The molecule has 0 saturated carbocycles. The van der Waals surface area contributed by atoms with Crippen LogP contribution in [-0.4, -0.2) is 15.7 Å². The number of nitrogens with one attached hydrogen (secondary N) is 1. The minimum Gasteiger partial charge on any atom is -0.489 e. The first kappa shape index (κ1) is 20.9. The molecule has 0 aliphatic carbocycles. The fourth-order valence-corrected chi connectivity index (χ4v) is 3.33. The molecular weight excluding hydrogens is 400 g/mol. The van der Waals surface area contributed by atoms with Gasteiger partial charge in [0.15, 0.2) is 5.69 Å². The minimum absolute atomic E-state index is 0.281. The highest BCUT2D eigenvalue weighted by Crippen LogP contribution is 2.20. The maximum Gasteiger partial charge on any atom is 0.276 e. The van der Waals surface area contributed by atoms with Crippen LogP contribution < -0.4 is 10.1 Å². The van der Waals surface area contributed by atoms with E-state index in [2.05, 4.69) is 16.5 Å². The number of aromatic nitrogens is 2. The average Bonchev–Trinajstić information content (AvgIpc) is 3.22. The lowest BCUT2D eigenvalue weighted by Crippen LogP contribution is -2.15. The Bertz CT molecular complexity index is 1260. The van der Waals surface area contributed by atoms with E-state index < -0.39 is 0 Å². The molecule has 1 heterocycles. The van der Waals surface area contributed by atoms with Gasteiger partial charge in [0.25, 0.3) is 5.91 Å². The topological polar surface area (TPSA) is 79.9 Å². The summed E-state index contributed by atoms with van der Waals surface area (Å²) in [5.41, 5.74) is 4.58. The van der Waals surface area contributed by atoms with Crippen LogP contribution in [0.4, 0.5) is 5.69 Å². The molecule has 4 aromatic rings. The van der Waals surface area contributed by atoms with Crippen molar-refractivity contribution in [3.63, 3.8) is 0 Å². The lowest BCUT2D eigenvalue weighted by Gasteiger charge is -2.12. The molecule has 0 saturated heterocycles. The molecule has 0 unspecified atom stereocenters. The summed E-state index contributed by atoms with van der Waals surface area (Å²) < 4.78 is 7.63. The van der Waals surface area contributed by atoms with Crippen molar-refractivity contribution in [2.75, 3.05) is 5.32 Å². The number of hydrogen-bond donors (Lipinski definition) is 1. The van der Waals surface area contributed by atoms with Crippen molar-refractivity contribution < 1.29 is 9.53 Å². The summed E-state index contributed by atoms with van der Waals surface area (Å²) in [5, 5.41) is 16.2. The van der Waals surface area contributed by atoms with Crippen LogP contribution >= 0.6 is 0 Å². The van der Waals surface area contributed by atoms with Gasteiger partial charge in [-0.2, -0.15) is 10.4 Å². The highest BCUT2D eigenvalue weighted by Gasteiger charge is 2.15. The normalized spacial score (nSPS) is 10.4. The largest absolute Gasteiger partial charge is 0.489 e. The Hall–Kier alpha value is -4.37. The lowest BCUT2D eigenvalue weighted by molar-refractivity contribution is 0.102. The van der Waals surface area contributed by atoms with E-state index in [1.54, 1.807) is 10.7 Å². The van der Waals surface area contributed by atoms with Gasteiger partial charge in [-0.3, -0.25) is 4.79 Å². The number of carbonyl (C=O) groups is 1. The summed E-state index contributed by atoms with van der Waals surface area (Å²) in [4.78, 5) is 12.9. The Morgan fingerprint density at radius 3 is 2.50 bits per heavy atom. The summed E-state index contributed by atoms with van der Waals surface area (Å²) in [6.45, 7) is 2.21. The van der Waals surface area contributed by atoms with Crippen LogP contribution in [0.1, 0.15) is 27.3 Å². The Kier molecular flexibility index (Phi) is 6.28. The van der Waals surface area contributed by atoms with E-state index in [1.165, 1.54) is 0 Å². The number of ether oxygens (including phenoxy) is 1. The zero-order chi connectivity index (χ0) is 22.3. The van der Waals surface area contributed by atoms with Crippen LogP contribution in [0.15, 0.2) is 84.9 Å². The number of benzene rings is 3. The van der Waals surface area contributed by atoms with Gasteiger partial charge in [-0.15, -0.1) is 0 Å². The Morgan fingerprint density at radius 1 is 1.03 bits per heavy atom. The Labute approximate surface area is 186 Å².